The van der Waals surface area contributed by atoms with Crippen LogP contribution in [0, 0.1) is 11.8 Å². The monoisotopic (exact) mass is 605 g/mol. The number of carboxylic acid groups (broad SMARTS) is 1. The van der Waals surface area contributed by atoms with Crippen LogP contribution >= 0.6 is 11.6 Å². The molecular weight excluding hydrogens is 580 g/mol. The van der Waals surface area contributed by atoms with Crippen LogP contribution in [0.5, 0.6) is 0 Å². The molecule has 0 saturated heterocycles. The fourth-order valence-corrected chi connectivity index (χ4v) is 4.73. The Morgan fingerprint density at radius 2 is 1.63 bits per heavy atom. The number of carboxylic acids is 1. The molecule has 3 N–H and O–H groups in total. The van der Waals surface area contributed by atoms with Crippen molar-refractivity contribution < 1.29 is 45.8 Å². The normalized spacial score (nSPS) is 17.0. The lowest BCUT2D eigenvalue weighted by atomic mass is 9.84. The Bertz CT molecular complexity index is 1330. The van der Waals surface area contributed by atoms with E-state index in [9.17, 15) is 45.8 Å². The molecule has 2 amide bonds. The molecule has 1 aliphatic rings. The van der Waals surface area contributed by atoms with Crippen molar-refractivity contribution in [1.82, 2.24) is 5.32 Å². The van der Waals surface area contributed by atoms with E-state index in [2.05, 4.69) is 15.6 Å². The van der Waals surface area contributed by atoms with E-state index in [-0.39, 0.29) is 5.71 Å². The van der Waals surface area contributed by atoms with Crippen LogP contribution in [0.3, 0.4) is 0 Å². The summed E-state index contributed by atoms with van der Waals surface area (Å²) in [6.07, 6.45) is -16.4. The predicted octanol–water partition coefficient (Wildman–Crippen LogP) is 6.14. The van der Waals surface area contributed by atoms with E-state index in [4.69, 9.17) is 11.6 Å². The van der Waals surface area contributed by atoms with Crippen LogP contribution in [0.4, 0.5) is 32.0 Å². The van der Waals surface area contributed by atoms with E-state index in [0.29, 0.717) is 33.8 Å². The van der Waals surface area contributed by atoms with Gasteiger partial charge in [0.2, 0.25) is 12.1 Å². The molecule has 1 heterocycles. The minimum absolute atomic E-state index is 0.195. The minimum atomic E-state index is -4.82. The summed E-state index contributed by atoms with van der Waals surface area (Å²) >= 11 is 6.14. The Hall–Kier alpha value is -3.61. The Morgan fingerprint density at radius 3 is 2.20 bits per heavy atom. The first-order chi connectivity index (χ1) is 19.1. The summed E-state index contributed by atoms with van der Waals surface area (Å²) in [4.78, 5) is 42.7. The van der Waals surface area contributed by atoms with Crippen LogP contribution < -0.4 is 10.6 Å². The highest BCUT2D eigenvalue weighted by Gasteiger charge is 2.41. The number of para-hydroxylation sites is 1. The molecule has 0 spiro atoms. The van der Waals surface area contributed by atoms with Crippen molar-refractivity contribution in [3.63, 3.8) is 0 Å². The number of alkyl halides is 6. The Labute approximate surface area is 236 Å². The fourth-order valence-electron chi connectivity index (χ4n) is 4.54. The van der Waals surface area contributed by atoms with E-state index in [1.165, 1.54) is 0 Å². The molecule has 3 atom stereocenters. The number of hydrogen-bond acceptors (Lipinski definition) is 4. The molecule has 2 aromatic rings. The number of carbonyl (C=O) groups is 3. The summed E-state index contributed by atoms with van der Waals surface area (Å²) in [6, 6.07) is 11.5. The standard InChI is InChI=1S/C27H26ClF6N3O4/c1-2-14-5-4-8-19-20(14)36-24(39)22(35-21(19)15-6-3-7-16(28)13-15)37-23(38)17(9-11-26(29,30)31)18(25(40)41)10-12-27(32,33)34/h3-8,13,17-18,22H,2,9-12H2,1H3,(H,36,39)(H,37,38)(H,40,41). The molecule has 41 heavy (non-hydrogen) atoms. The van der Waals surface area contributed by atoms with E-state index < -0.39 is 73.8 Å². The van der Waals surface area contributed by atoms with Gasteiger partial charge in [-0.1, -0.05) is 48.9 Å². The van der Waals surface area contributed by atoms with E-state index in [0.717, 1.165) is 0 Å². The second-order valence-corrected chi connectivity index (χ2v) is 9.88. The van der Waals surface area contributed by atoms with Crippen LogP contribution in [0.25, 0.3) is 0 Å². The van der Waals surface area contributed by atoms with Gasteiger partial charge in [-0.05, 0) is 37.0 Å². The summed E-state index contributed by atoms with van der Waals surface area (Å²) in [5.74, 6) is -8.24. The smallest absolute Gasteiger partial charge is 0.389 e. The average Bonchev–Trinajstić information content (AvgIpc) is 3.00. The molecule has 7 nitrogen and oxygen atoms in total. The van der Waals surface area contributed by atoms with Gasteiger partial charge < -0.3 is 15.7 Å². The maximum atomic E-state index is 13.3. The molecule has 0 saturated carbocycles. The number of fused-ring (bicyclic) bond motifs is 1. The van der Waals surface area contributed by atoms with Gasteiger partial charge in [-0.15, -0.1) is 0 Å². The van der Waals surface area contributed by atoms with Crippen molar-refractivity contribution in [2.45, 2.75) is 57.5 Å². The number of anilines is 1. The number of aliphatic carboxylic acids is 1. The van der Waals surface area contributed by atoms with Crippen LogP contribution in [0.15, 0.2) is 47.5 Å². The number of amides is 2. The van der Waals surface area contributed by atoms with Gasteiger partial charge in [0.15, 0.2) is 0 Å². The highest BCUT2D eigenvalue weighted by atomic mass is 35.5. The van der Waals surface area contributed by atoms with Crippen LogP contribution in [0.1, 0.15) is 49.3 Å². The van der Waals surface area contributed by atoms with E-state index in [1.807, 2.05) is 6.92 Å². The maximum Gasteiger partial charge on any atom is 0.389 e. The Kier molecular flexibility index (Phi) is 10.1. The molecular formula is C27H26ClF6N3O4. The zero-order valence-corrected chi connectivity index (χ0v) is 22.3. The fraction of sp³-hybridized carbons (Fsp3) is 0.407. The van der Waals surface area contributed by atoms with Crippen molar-refractivity contribution in [2.24, 2.45) is 16.8 Å². The number of halogens is 7. The van der Waals surface area contributed by atoms with Crippen molar-refractivity contribution in [2.75, 3.05) is 5.32 Å². The molecule has 0 bridgehead atoms. The first-order valence-corrected chi connectivity index (χ1v) is 12.9. The zero-order valence-electron chi connectivity index (χ0n) is 21.6. The van der Waals surface area contributed by atoms with Crippen LogP contribution in [-0.4, -0.2) is 47.1 Å². The molecule has 14 heteroatoms. The molecule has 222 valence electrons. The van der Waals surface area contributed by atoms with Crippen molar-refractivity contribution in [3.05, 3.63) is 64.2 Å². The summed E-state index contributed by atoms with van der Waals surface area (Å²) in [5.41, 5.74) is 2.17. The van der Waals surface area contributed by atoms with Crippen molar-refractivity contribution >= 4 is 40.8 Å². The summed E-state index contributed by atoms with van der Waals surface area (Å²) in [7, 11) is 0. The number of nitrogens with zero attached hydrogens (tertiary/aromatic N) is 1. The Balaban J connectivity index is 2.04. The number of aryl methyl sites for hydroxylation is 1. The molecule has 0 fully saturated rings. The van der Waals surface area contributed by atoms with Crippen molar-refractivity contribution in [3.8, 4) is 0 Å². The topological polar surface area (TPSA) is 108 Å². The lowest BCUT2D eigenvalue weighted by molar-refractivity contribution is -0.159. The highest BCUT2D eigenvalue weighted by molar-refractivity contribution is 6.31. The minimum Gasteiger partial charge on any atom is -0.481 e. The Morgan fingerprint density at radius 1 is 1.02 bits per heavy atom. The van der Waals surface area contributed by atoms with Gasteiger partial charge in [-0.3, -0.25) is 14.4 Å². The average molecular weight is 606 g/mol. The number of hydrogen-bond donors (Lipinski definition) is 3. The molecule has 3 unspecified atom stereocenters. The summed E-state index contributed by atoms with van der Waals surface area (Å²) in [6.45, 7) is 1.83. The summed E-state index contributed by atoms with van der Waals surface area (Å²) < 4.78 is 77.7. The number of benzodiazepines with no additional fused rings is 1. The molecule has 0 aromatic heterocycles. The third-order valence-corrected chi connectivity index (χ3v) is 6.77. The number of carbonyl (C=O) groups excluding carboxylic acids is 2. The molecule has 3 rings (SSSR count). The predicted molar refractivity (Wildman–Crippen MR) is 139 cm³/mol. The molecule has 0 radical (unpaired) electrons. The number of rotatable bonds is 10. The first-order valence-electron chi connectivity index (χ1n) is 12.5. The van der Waals surface area contributed by atoms with Crippen LogP contribution in [0.2, 0.25) is 5.02 Å². The van der Waals surface area contributed by atoms with E-state index >= 15 is 0 Å². The zero-order chi connectivity index (χ0) is 30.5. The van der Waals surface area contributed by atoms with Gasteiger partial charge in [-0.2, -0.15) is 26.3 Å². The molecule has 2 aromatic carbocycles. The second-order valence-electron chi connectivity index (χ2n) is 9.44. The number of nitrogens with one attached hydrogen (secondary N) is 2. The lowest BCUT2D eigenvalue weighted by Gasteiger charge is -2.25. The molecule has 1 aliphatic heterocycles. The third kappa shape index (κ3) is 8.69. The summed E-state index contributed by atoms with van der Waals surface area (Å²) in [5, 5.41) is 14.7. The van der Waals surface area contributed by atoms with Gasteiger partial charge in [0, 0.05) is 29.0 Å². The van der Waals surface area contributed by atoms with Crippen LogP contribution in [-0.2, 0) is 20.8 Å². The van der Waals surface area contributed by atoms with E-state index in [1.54, 1.807) is 42.5 Å². The first kappa shape index (κ1) is 31.9. The SMILES string of the molecule is CCc1cccc2c1NC(=O)C(NC(=O)C(CCC(F)(F)F)C(CCC(F)(F)F)C(=O)O)N=C2c1cccc(Cl)c1. The van der Waals surface area contributed by atoms with Gasteiger partial charge in [0.05, 0.1) is 23.2 Å². The number of benzene rings is 2. The quantitative estimate of drug-likeness (QED) is 0.283. The van der Waals surface area contributed by atoms with Gasteiger partial charge in [0.1, 0.15) is 0 Å². The highest BCUT2D eigenvalue weighted by Crippen LogP contribution is 2.34. The van der Waals surface area contributed by atoms with Gasteiger partial charge in [-0.25, -0.2) is 4.99 Å². The maximum absolute atomic E-state index is 13.3. The molecule has 0 aliphatic carbocycles. The third-order valence-electron chi connectivity index (χ3n) is 6.54. The van der Waals surface area contributed by atoms with Gasteiger partial charge in [0.25, 0.3) is 5.91 Å². The lowest BCUT2D eigenvalue weighted by Crippen LogP contribution is -2.47. The second kappa shape index (κ2) is 12.9. The van der Waals surface area contributed by atoms with Gasteiger partial charge >= 0.3 is 18.3 Å². The number of aliphatic imine (C=N–C) groups is 1. The largest absolute Gasteiger partial charge is 0.481 e. The van der Waals surface area contributed by atoms with Crippen molar-refractivity contribution in [1.29, 1.82) is 0 Å².